The minimum absolute atomic E-state index is 0.223. The van der Waals surface area contributed by atoms with Gasteiger partial charge in [-0.05, 0) is 24.3 Å². The van der Waals surface area contributed by atoms with Crippen molar-refractivity contribution in [2.45, 2.75) is 11.7 Å². The van der Waals surface area contributed by atoms with E-state index in [0.717, 1.165) is 28.7 Å². The number of pyridine rings is 1. The Hall–Kier alpha value is -2.31. The van der Waals surface area contributed by atoms with Gasteiger partial charge in [-0.2, -0.15) is 0 Å². The molecule has 120 valence electrons. The summed E-state index contributed by atoms with van der Waals surface area (Å²) in [6.07, 6.45) is 3.51. The number of halogens is 1. The summed E-state index contributed by atoms with van der Waals surface area (Å²) < 4.78 is 2.16. The number of hydrogen-bond acceptors (Lipinski definition) is 4. The maximum atomic E-state index is 12.3. The molecule has 0 aliphatic carbocycles. The summed E-state index contributed by atoms with van der Waals surface area (Å²) in [7, 11) is 0. The number of nitrogens with one attached hydrogen (secondary N) is 1. The van der Waals surface area contributed by atoms with Crippen molar-refractivity contribution in [3.63, 3.8) is 0 Å². The van der Waals surface area contributed by atoms with Crippen molar-refractivity contribution in [1.82, 2.24) is 14.5 Å². The first-order valence-electron chi connectivity index (χ1n) is 7.42. The monoisotopic (exact) mass is 356 g/mol. The summed E-state index contributed by atoms with van der Waals surface area (Å²) >= 11 is 7.50. The Kier molecular flexibility index (Phi) is 4.00. The largest absolute Gasteiger partial charge is 0.325 e. The third-order valence-corrected chi connectivity index (χ3v) is 4.90. The highest BCUT2D eigenvalue weighted by molar-refractivity contribution is 7.99. The van der Waals surface area contributed by atoms with Gasteiger partial charge in [0.2, 0.25) is 0 Å². The summed E-state index contributed by atoms with van der Waals surface area (Å²) in [5, 5.41) is 4.28. The van der Waals surface area contributed by atoms with Crippen molar-refractivity contribution >= 4 is 35.0 Å². The van der Waals surface area contributed by atoms with Crippen LogP contribution in [-0.4, -0.2) is 26.2 Å². The molecular weight excluding hydrogens is 344 g/mol. The molecule has 1 amide bonds. The molecule has 1 N–H and O–H groups in total. The molecule has 7 heteroatoms. The van der Waals surface area contributed by atoms with Crippen LogP contribution in [0.5, 0.6) is 0 Å². The fourth-order valence-electron chi connectivity index (χ4n) is 2.52. The molecule has 0 bridgehead atoms. The Bertz CT molecular complexity index is 886. The smallest absolute Gasteiger partial charge is 0.257 e. The maximum Gasteiger partial charge on any atom is 0.257 e. The fourth-order valence-corrected chi connectivity index (χ4v) is 3.57. The van der Waals surface area contributed by atoms with Crippen molar-refractivity contribution in [3.05, 3.63) is 59.5 Å². The highest BCUT2D eigenvalue weighted by atomic mass is 35.5. The van der Waals surface area contributed by atoms with Gasteiger partial charge in [0.1, 0.15) is 5.15 Å². The van der Waals surface area contributed by atoms with Gasteiger partial charge in [-0.3, -0.25) is 4.79 Å². The van der Waals surface area contributed by atoms with Gasteiger partial charge in [-0.25, -0.2) is 9.97 Å². The number of anilines is 1. The predicted octanol–water partition coefficient (Wildman–Crippen LogP) is 3.96. The average Bonchev–Trinajstić information content (AvgIpc) is 3.17. The van der Waals surface area contributed by atoms with Crippen LogP contribution in [0.15, 0.2) is 53.9 Å². The Labute approximate surface area is 148 Å². The van der Waals surface area contributed by atoms with Crippen LogP contribution in [0.4, 0.5) is 5.69 Å². The standard InChI is InChI=1S/C17H13ClN4OS/c18-15-5-4-12(9-19-15)16(23)20-13-3-1-2-11(8-13)14-10-22-6-7-24-17(22)21-14/h1-5,8-10H,6-7H2,(H,20,23). The zero-order valence-electron chi connectivity index (χ0n) is 12.6. The summed E-state index contributed by atoms with van der Waals surface area (Å²) in [5.74, 6) is 0.854. The van der Waals surface area contributed by atoms with Crippen LogP contribution in [0.25, 0.3) is 11.3 Å². The number of aryl methyl sites for hydroxylation is 1. The molecule has 1 aliphatic heterocycles. The molecule has 0 fully saturated rings. The van der Waals surface area contributed by atoms with Crippen molar-refractivity contribution in [2.75, 3.05) is 11.1 Å². The Morgan fingerprint density at radius 2 is 2.21 bits per heavy atom. The van der Waals surface area contributed by atoms with E-state index in [9.17, 15) is 4.79 Å². The Balaban J connectivity index is 1.56. The van der Waals surface area contributed by atoms with E-state index in [1.165, 1.54) is 6.20 Å². The topological polar surface area (TPSA) is 59.8 Å². The van der Waals surface area contributed by atoms with Crippen LogP contribution >= 0.6 is 23.4 Å². The number of nitrogens with zero attached hydrogens (tertiary/aromatic N) is 3. The number of thioether (sulfide) groups is 1. The van der Waals surface area contributed by atoms with E-state index in [-0.39, 0.29) is 5.91 Å². The minimum atomic E-state index is -0.223. The second-order valence-corrected chi connectivity index (χ2v) is 6.80. The molecule has 0 radical (unpaired) electrons. The average molecular weight is 357 g/mol. The first kappa shape index (κ1) is 15.2. The number of carbonyl (C=O) groups is 1. The van der Waals surface area contributed by atoms with Gasteiger partial charge in [0.25, 0.3) is 5.91 Å². The van der Waals surface area contributed by atoms with Gasteiger partial charge in [-0.15, -0.1) is 0 Å². The number of benzene rings is 1. The van der Waals surface area contributed by atoms with Crippen molar-refractivity contribution in [1.29, 1.82) is 0 Å². The molecule has 0 saturated heterocycles. The zero-order chi connectivity index (χ0) is 16.5. The van der Waals surface area contributed by atoms with E-state index < -0.39 is 0 Å². The van der Waals surface area contributed by atoms with Crippen LogP contribution < -0.4 is 5.32 Å². The first-order valence-corrected chi connectivity index (χ1v) is 8.79. The number of imidazole rings is 1. The molecule has 4 rings (SSSR count). The SMILES string of the molecule is O=C(Nc1cccc(-c2cn3c(n2)SCC3)c1)c1ccc(Cl)nc1. The lowest BCUT2D eigenvalue weighted by Gasteiger charge is -2.06. The molecule has 1 aromatic carbocycles. The van der Waals surface area contributed by atoms with Gasteiger partial charge < -0.3 is 9.88 Å². The lowest BCUT2D eigenvalue weighted by molar-refractivity contribution is 0.102. The summed E-state index contributed by atoms with van der Waals surface area (Å²) in [6.45, 7) is 0.993. The molecule has 1 aliphatic rings. The molecule has 0 unspecified atom stereocenters. The van der Waals surface area contributed by atoms with Crippen molar-refractivity contribution in [2.24, 2.45) is 0 Å². The van der Waals surface area contributed by atoms with Gasteiger partial charge in [-0.1, -0.05) is 35.5 Å². The van der Waals surface area contributed by atoms with Crippen LogP contribution in [0, 0.1) is 0 Å². The van der Waals surface area contributed by atoms with Gasteiger partial charge in [0.05, 0.1) is 11.3 Å². The van der Waals surface area contributed by atoms with Crippen LogP contribution in [-0.2, 0) is 6.54 Å². The highest BCUT2D eigenvalue weighted by Gasteiger charge is 2.15. The van der Waals surface area contributed by atoms with Gasteiger partial charge in [0.15, 0.2) is 5.16 Å². The Morgan fingerprint density at radius 3 is 3.00 bits per heavy atom. The van der Waals surface area contributed by atoms with Gasteiger partial charge >= 0.3 is 0 Å². The lowest BCUT2D eigenvalue weighted by Crippen LogP contribution is -2.12. The summed E-state index contributed by atoms with van der Waals surface area (Å²) in [5.41, 5.74) is 3.07. The van der Waals surface area contributed by atoms with Crippen molar-refractivity contribution < 1.29 is 4.79 Å². The molecule has 3 aromatic rings. The molecule has 0 atom stereocenters. The summed E-state index contributed by atoms with van der Waals surface area (Å²) in [4.78, 5) is 20.8. The summed E-state index contributed by atoms with van der Waals surface area (Å²) in [6, 6.07) is 10.9. The van der Waals surface area contributed by atoms with E-state index in [1.807, 2.05) is 24.3 Å². The van der Waals surface area contributed by atoms with Crippen LogP contribution in [0.1, 0.15) is 10.4 Å². The molecule has 2 aromatic heterocycles. The highest BCUT2D eigenvalue weighted by Crippen LogP contribution is 2.29. The molecule has 5 nitrogen and oxygen atoms in total. The van der Waals surface area contributed by atoms with E-state index >= 15 is 0 Å². The molecule has 0 spiro atoms. The quantitative estimate of drug-likeness (QED) is 0.722. The number of fused-ring (bicyclic) bond motifs is 1. The second kappa shape index (κ2) is 6.30. The number of aromatic nitrogens is 3. The molecule has 0 saturated carbocycles. The fraction of sp³-hybridized carbons (Fsp3) is 0.118. The number of carbonyl (C=O) groups excluding carboxylic acids is 1. The number of rotatable bonds is 3. The number of hydrogen-bond donors (Lipinski definition) is 1. The molecule has 24 heavy (non-hydrogen) atoms. The third kappa shape index (κ3) is 3.02. The van der Waals surface area contributed by atoms with Crippen LogP contribution in [0.2, 0.25) is 5.15 Å². The van der Waals surface area contributed by atoms with E-state index in [4.69, 9.17) is 11.6 Å². The van der Waals surface area contributed by atoms with Crippen LogP contribution in [0.3, 0.4) is 0 Å². The molecular formula is C17H13ClN4OS. The Morgan fingerprint density at radius 1 is 1.29 bits per heavy atom. The third-order valence-electron chi connectivity index (χ3n) is 3.71. The zero-order valence-corrected chi connectivity index (χ0v) is 14.1. The van der Waals surface area contributed by atoms with E-state index in [2.05, 4.69) is 26.0 Å². The minimum Gasteiger partial charge on any atom is -0.325 e. The van der Waals surface area contributed by atoms with E-state index in [0.29, 0.717) is 16.4 Å². The maximum absolute atomic E-state index is 12.3. The van der Waals surface area contributed by atoms with Crippen molar-refractivity contribution in [3.8, 4) is 11.3 Å². The van der Waals surface area contributed by atoms with E-state index in [1.54, 1.807) is 23.9 Å². The first-order chi connectivity index (χ1) is 11.7. The number of amides is 1. The lowest BCUT2D eigenvalue weighted by atomic mass is 10.1. The predicted molar refractivity (Wildman–Crippen MR) is 95.6 cm³/mol. The normalized spacial score (nSPS) is 12.9. The molecule has 3 heterocycles. The second-order valence-electron chi connectivity index (χ2n) is 5.36. The van der Waals surface area contributed by atoms with Gasteiger partial charge in [0, 0.05) is 35.9 Å².